The third-order valence-corrected chi connectivity index (χ3v) is 3.12. The normalized spacial score (nSPS) is 10.5. The standard InChI is InChI=1S/C12H13NO3S/c1-3-15-8-5-6-9-10(7-8)17-11(13-9)12(14)16-4-2/h5-7H,3-4H2,1-2H3. The molecule has 0 atom stereocenters. The van der Waals surface area contributed by atoms with Crippen LogP contribution in [0.4, 0.5) is 0 Å². The van der Waals surface area contributed by atoms with Crippen molar-refractivity contribution in [2.45, 2.75) is 13.8 Å². The molecule has 5 heteroatoms. The van der Waals surface area contributed by atoms with Gasteiger partial charge in [-0.3, -0.25) is 0 Å². The van der Waals surface area contributed by atoms with Crippen LogP contribution in [0.1, 0.15) is 23.6 Å². The zero-order chi connectivity index (χ0) is 12.3. The van der Waals surface area contributed by atoms with Crippen molar-refractivity contribution in [1.82, 2.24) is 4.98 Å². The highest BCUT2D eigenvalue weighted by molar-refractivity contribution is 7.20. The van der Waals surface area contributed by atoms with Crippen LogP contribution < -0.4 is 4.74 Å². The topological polar surface area (TPSA) is 48.4 Å². The number of carbonyl (C=O) groups is 1. The van der Waals surface area contributed by atoms with Crippen molar-refractivity contribution in [3.8, 4) is 5.75 Å². The molecule has 1 heterocycles. The third kappa shape index (κ3) is 2.55. The van der Waals surface area contributed by atoms with E-state index in [1.54, 1.807) is 6.92 Å². The van der Waals surface area contributed by atoms with Crippen molar-refractivity contribution in [1.29, 1.82) is 0 Å². The highest BCUT2D eigenvalue weighted by Gasteiger charge is 2.13. The molecule has 0 saturated carbocycles. The van der Waals surface area contributed by atoms with Gasteiger partial charge in [0.25, 0.3) is 0 Å². The molecule has 0 aliphatic heterocycles. The minimum atomic E-state index is -0.369. The van der Waals surface area contributed by atoms with Crippen LogP contribution in [-0.4, -0.2) is 24.2 Å². The van der Waals surface area contributed by atoms with Crippen molar-refractivity contribution in [3.05, 3.63) is 23.2 Å². The summed E-state index contributed by atoms with van der Waals surface area (Å²) in [5.74, 6) is 0.422. The second-order valence-electron chi connectivity index (χ2n) is 3.30. The summed E-state index contributed by atoms with van der Waals surface area (Å²) in [5, 5.41) is 0.385. The lowest BCUT2D eigenvalue weighted by Gasteiger charge is -2.00. The van der Waals surface area contributed by atoms with Crippen molar-refractivity contribution in [2.75, 3.05) is 13.2 Å². The molecule has 17 heavy (non-hydrogen) atoms. The minimum Gasteiger partial charge on any atom is -0.494 e. The summed E-state index contributed by atoms with van der Waals surface area (Å²) in [6, 6.07) is 5.58. The fraction of sp³-hybridized carbons (Fsp3) is 0.333. The molecule has 0 aliphatic rings. The molecular weight excluding hydrogens is 238 g/mol. The van der Waals surface area contributed by atoms with Gasteiger partial charge in [0.1, 0.15) is 5.75 Å². The van der Waals surface area contributed by atoms with Gasteiger partial charge in [0.15, 0.2) is 0 Å². The molecular formula is C12H13NO3S. The zero-order valence-electron chi connectivity index (χ0n) is 9.73. The maximum absolute atomic E-state index is 11.5. The van der Waals surface area contributed by atoms with E-state index in [0.29, 0.717) is 18.2 Å². The fourth-order valence-corrected chi connectivity index (χ4v) is 2.33. The predicted octanol–water partition coefficient (Wildman–Crippen LogP) is 2.87. The van der Waals surface area contributed by atoms with Gasteiger partial charge in [-0.2, -0.15) is 0 Å². The van der Waals surface area contributed by atoms with Gasteiger partial charge in [0.05, 0.1) is 23.4 Å². The second kappa shape index (κ2) is 5.14. The quantitative estimate of drug-likeness (QED) is 0.784. The number of ether oxygens (including phenoxy) is 2. The van der Waals surface area contributed by atoms with Crippen LogP contribution in [0.5, 0.6) is 5.75 Å². The third-order valence-electron chi connectivity index (χ3n) is 2.12. The van der Waals surface area contributed by atoms with Crippen molar-refractivity contribution in [2.24, 2.45) is 0 Å². The largest absolute Gasteiger partial charge is 0.494 e. The van der Waals surface area contributed by atoms with Gasteiger partial charge in [-0.05, 0) is 32.0 Å². The SMILES string of the molecule is CCOC(=O)c1nc2ccc(OCC)cc2s1. The number of rotatable bonds is 4. The maximum Gasteiger partial charge on any atom is 0.367 e. The average Bonchev–Trinajstić information content (AvgIpc) is 2.73. The summed E-state index contributed by atoms with van der Waals surface area (Å²) >= 11 is 1.32. The molecule has 1 aromatic carbocycles. The average molecular weight is 251 g/mol. The smallest absolute Gasteiger partial charge is 0.367 e. The van der Waals surface area contributed by atoms with Crippen molar-refractivity contribution in [3.63, 3.8) is 0 Å². The number of aromatic nitrogens is 1. The molecule has 2 rings (SSSR count). The van der Waals surface area contributed by atoms with Crippen LogP contribution in [-0.2, 0) is 4.74 Å². The Hall–Kier alpha value is -1.62. The molecule has 0 unspecified atom stereocenters. The monoisotopic (exact) mass is 251 g/mol. The Morgan fingerprint density at radius 2 is 2.18 bits per heavy atom. The van der Waals surface area contributed by atoms with Crippen LogP contribution in [0.15, 0.2) is 18.2 Å². The molecule has 0 saturated heterocycles. The van der Waals surface area contributed by atoms with Gasteiger partial charge in [-0.15, -0.1) is 11.3 Å². The maximum atomic E-state index is 11.5. The van der Waals surface area contributed by atoms with Crippen molar-refractivity contribution >= 4 is 27.5 Å². The first-order chi connectivity index (χ1) is 8.24. The zero-order valence-corrected chi connectivity index (χ0v) is 10.5. The van der Waals surface area contributed by atoms with Crippen LogP contribution in [0.25, 0.3) is 10.2 Å². The van der Waals surface area contributed by atoms with Gasteiger partial charge < -0.3 is 9.47 Å². The molecule has 0 bridgehead atoms. The minimum absolute atomic E-state index is 0.360. The van der Waals surface area contributed by atoms with E-state index in [4.69, 9.17) is 9.47 Å². The number of carbonyl (C=O) groups excluding carboxylic acids is 1. The first-order valence-corrected chi connectivity index (χ1v) is 6.26. The van der Waals surface area contributed by atoms with Gasteiger partial charge in [-0.1, -0.05) is 0 Å². The molecule has 0 aliphatic carbocycles. The molecule has 0 amide bonds. The van der Waals surface area contributed by atoms with E-state index in [1.165, 1.54) is 11.3 Å². The number of fused-ring (bicyclic) bond motifs is 1. The first kappa shape index (κ1) is 11.9. The molecule has 0 radical (unpaired) electrons. The molecule has 1 aromatic heterocycles. The van der Waals surface area contributed by atoms with E-state index in [0.717, 1.165) is 16.0 Å². The Kier molecular flexibility index (Phi) is 3.58. The van der Waals surface area contributed by atoms with E-state index in [9.17, 15) is 4.79 Å². The summed E-state index contributed by atoms with van der Waals surface area (Å²) in [5.41, 5.74) is 0.793. The molecule has 0 spiro atoms. The summed E-state index contributed by atoms with van der Waals surface area (Å²) < 4.78 is 11.2. The van der Waals surface area contributed by atoms with Crippen LogP contribution in [0.2, 0.25) is 0 Å². The van der Waals surface area contributed by atoms with Gasteiger partial charge in [-0.25, -0.2) is 9.78 Å². The number of hydrogen-bond acceptors (Lipinski definition) is 5. The van der Waals surface area contributed by atoms with Gasteiger partial charge in [0.2, 0.25) is 5.01 Å². The fourth-order valence-electron chi connectivity index (χ4n) is 1.44. The first-order valence-electron chi connectivity index (χ1n) is 5.45. The van der Waals surface area contributed by atoms with E-state index < -0.39 is 0 Å². The van der Waals surface area contributed by atoms with Crippen LogP contribution in [0.3, 0.4) is 0 Å². The van der Waals surface area contributed by atoms with Crippen molar-refractivity contribution < 1.29 is 14.3 Å². The molecule has 0 N–H and O–H groups in total. The van der Waals surface area contributed by atoms with Crippen LogP contribution in [0, 0.1) is 0 Å². The van der Waals surface area contributed by atoms with Gasteiger partial charge >= 0.3 is 5.97 Å². The Labute approximate surface area is 103 Å². The molecule has 2 aromatic rings. The summed E-state index contributed by atoms with van der Waals surface area (Å²) in [7, 11) is 0. The number of nitrogens with zero attached hydrogens (tertiary/aromatic N) is 1. The second-order valence-corrected chi connectivity index (χ2v) is 4.33. The highest BCUT2D eigenvalue weighted by atomic mass is 32.1. The van der Waals surface area contributed by atoms with Gasteiger partial charge in [0, 0.05) is 0 Å². The molecule has 4 nitrogen and oxygen atoms in total. The lowest BCUT2D eigenvalue weighted by atomic mass is 10.3. The van der Waals surface area contributed by atoms with E-state index in [-0.39, 0.29) is 5.97 Å². The van der Waals surface area contributed by atoms with E-state index in [1.807, 2.05) is 25.1 Å². The Bertz CT molecular complexity index is 536. The summed E-state index contributed by atoms with van der Waals surface area (Å²) in [6.45, 7) is 4.69. The van der Waals surface area contributed by atoms with E-state index in [2.05, 4.69) is 4.98 Å². The van der Waals surface area contributed by atoms with E-state index >= 15 is 0 Å². The Morgan fingerprint density at radius 3 is 2.88 bits per heavy atom. The summed E-state index contributed by atoms with van der Waals surface area (Å²) in [4.78, 5) is 15.7. The number of esters is 1. The lowest BCUT2D eigenvalue weighted by molar-refractivity contribution is 0.0526. The summed E-state index contributed by atoms with van der Waals surface area (Å²) in [6.07, 6.45) is 0. The highest BCUT2D eigenvalue weighted by Crippen LogP contribution is 2.26. The predicted molar refractivity (Wildman–Crippen MR) is 66.7 cm³/mol. The number of hydrogen-bond donors (Lipinski definition) is 0. The van der Waals surface area contributed by atoms with Crippen LogP contribution >= 0.6 is 11.3 Å². The molecule has 0 fully saturated rings. The number of benzene rings is 1. The Morgan fingerprint density at radius 1 is 1.35 bits per heavy atom. The lowest BCUT2D eigenvalue weighted by Crippen LogP contribution is -2.03. The molecule has 90 valence electrons. The Balaban J connectivity index is 2.33. The number of thiazole rings is 1.